The van der Waals surface area contributed by atoms with Gasteiger partial charge in [0.1, 0.15) is 11.9 Å². The first-order valence-corrected chi connectivity index (χ1v) is 6.95. The van der Waals surface area contributed by atoms with Gasteiger partial charge in [-0.05, 0) is 38.1 Å². The number of anilines is 1. The molecule has 0 saturated heterocycles. The fraction of sp³-hybridized carbons (Fsp3) is 0.235. The number of carbonyl (C=O) groups is 1. The van der Waals surface area contributed by atoms with Gasteiger partial charge in [-0.1, -0.05) is 0 Å². The van der Waals surface area contributed by atoms with Gasteiger partial charge in [0.05, 0.1) is 29.6 Å². The lowest BCUT2D eigenvalue weighted by atomic mass is 10.1. The molecule has 0 aliphatic heterocycles. The summed E-state index contributed by atoms with van der Waals surface area (Å²) in [4.78, 5) is 15.8. The van der Waals surface area contributed by atoms with E-state index in [1.54, 1.807) is 13.0 Å². The number of aryl methyl sites for hydroxylation is 2. The van der Waals surface area contributed by atoms with Crippen LogP contribution < -0.4 is 5.32 Å². The van der Waals surface area contributed by atoms with Gasteiger partial charge in [-0.2, -0.15) is 5.26 Å². The first kappa shape index (κ1) is 16.4. The van der Waals surface area contributed by atoms with Crippen molar-refractivity contribution in [2.45, 2.75) is 20.4 Å². The van der Waals surface area contributed by atoms with Gasteiger partial charge in [0.15, 0.2) is 0 Å². The van der Waals surface area contributed by atoms with Crippen LogP contribution in [0.25, 0.3) is 0 Å². The van der Waals surface area contributed by atoms with Crippen molar-refractivity contribution in [1.82, 2.24) is 4.98 Å². The smallest absolute Gasteiger partial charge is 0.337 e. The van der Waals surface area contributed by atoms with Crippen molar-refractivity contribution in [3.05, 3.63) is 58.2 Å². The van der Waals surface area contributed by atoms with Crippen molar-refractivity contribution >= 4 is 11.7 Å². The van der Waals surface area contributed by atoms with Gasteiger partial charge >= 0.3 is 5.97 Å². The van der Waals surface area contributed by atoms with Crippen LogP contribution >= 0.6 is 0 Å². The predicted octanol–water partition coefficient (Wildman–Crippen LogP) is 3.11. The Balaban J connectivity index is 2.28. The van der Waals surface area contributed by atoms with Crippen molar-refractivity contribution in [2.24, 2.45) is 0 Å². The highest BCUT2D eigenvalue weighted by Crippen LogP contribution is 2.20. The summed E-state index contributed by atoms with van der Waals surface area (Å²) in [7, 11) is 1.27. The summed E-state index contributed by atoms with van der Waals surface area (Å²) in [5.41, 5.74) is 2.95. The molecule has 1 aromatic carbocycles. The molecule has 6 heteroatoms. The molecule has 2 rings (SSSR count). The minimum absolute atomic E-state index is 0.133. The van der Waals surface area contributed by atoms with Crippen molar-refractivity contribution in [3.8, 4) is 6.07 Å². The van der Waals surface area contributed by atoms with Crippen LogP contribution in [0.2, 0.25) is 0 Å². The Kier molecular flexibility index (Phi) is 4.91. The predicted molar refractivity (Wildman–Crippen MR) is 83.5 cm³/mol. The number of methoxy groups -OCH3 is 1. The van der Waals surface area contributed by atoms with Gasteiger partial charge in [0, 0.05) is 17.8 Å². The average molecular weight is 313 g/mol. The first-order valence-electron chi connectivity index (χ1n) is 6.95. The Morgan fingerprint density at radius 2 is 2.13 bits per heavy atom. The lowest BCUT2D eigenvalue weighted by Gasteiger charge is -2.12. The maximum absolute atomic E-state index is 13.9. The molecule has 0 fully saturated rings. The molecule has 0 radical (unpaired) electrons. The third-order valence-electron chi connectivity index (χ3n) is 3.38. The van der Waals surface area contributed by atoms with Gasteiger partial charge in [-0.25, -0.2) is 9.18 Å². The van der Waals surface area contributed by atoms with Crippen LogP contribution in [0.1, 0.15) is 32.9 Å². The second-order valence-corrected chi connectivity index (χ2v) is 5.03. The van der Waals surface area contributed by atoms with Crippen molar-refractivity contribution < 1.29 is 13.9 Å². The van der Waals surface area contributed by atoms with Crippen LogP contribution in [-0.2, 0) is 11.3 Å². The van der Waals surface area contributed by atoms with E-state index in [9.17, 15) is 14.4 Å². The number of pyridine rings is 1. The largest absolute Gasteiger partial charge is 0.465 e. The molecule has 23 heavy (non-hydrogen) atoms. The van der Waals surface area contributed by atoms with E-state index in [0.29, 0.717) is 22.5 Å². The summed E-state index contributed by atoms with van der Waals surface area (Å²) in [5.74, 6) is -0.967. The topological polar surface area (TPSA) is 75.0 Å². The monoisotopic (exact) mass is 313 g/mol. The number of nitrogens with zero attached hydrogens (tertiary/aromatic N) is 2. The number of halogens is 1. The third-order valence-corrected chi connectivity index (χ3v) is 3.38. The number of hydrogen-bond acceptors (Lipinski definition) is 5. The van der Waals surface area contributed by atoms with E-state index >= 15 is 0 Å². The number of carbonyl (C=O) groups excluding carboxylic acids is 1. The Hall–Kier alpha value is -2.94. The second-order valence-electron chi connectivity index (χ2n) is 5.03. The number of hydrogen-bond donors (Lipinski definition) is 1. The molecule has 5 nitrogen and oxygen atoms in total. The van der Waals surface area contributed by atoms with E-state index in [1.807, 2.05) is 6.92 Å². The molecule has 1 N–H and O–H groups in total. The summed E-state index contributed by atoms with van der Waals surface area (Å²) < 4.78 is 18.5. The number of aromatic nitrogens is 1. The summed E-state index contributed by atoms with van der Waals surface area (Å²) in [5, 5.41) is 12.3. The lowest BCUT2D eigenvalue weighted by Crippen LogP contribution is -2.08. The highest BCUT2D eigenvalue weighted by Gasteiger charge is 2.12. The van der Waals surface area contributed by atoms with Crippen LogP contribution in [0.4, 0.5) is 10.1 Å². The molecule has 0 aliphatic carbocycles. The SMILES string of the molecule is COC(=O)c1ccc(F)c(CNc2cc(C)nc(C)c2C#N)c1. The molecule has 118 valence electrons. The maximum Gasteiger partial charge on any atom is 0.337 e. The quantitative estimate of drug-likeness (QED) is 0.878. The van der Waals surface area contributed by atoms with E-state index in [2.05, 4.69) is 21.1 Å². The summed E-state index contributed by atoms with van der Waals surface area (Å²) in [6.45, 7) is 3.70. The molecular formula is C17H16FN3O2. The van der Waals surface area contributed by atoms with Gasteiger partial charge in [0.25, 0.3) is 0 Å². The maximum atomic E-state index is 13.9. The number of esters is 1. The Morgan fingerprint density at radius 3 is 2.78 bits per heavy atom. The molecule has 1 aromatic heterocycles. The van der Waals surface area contributed by atoms with E-state index in [0.717, 1.165) is 5.69 Å². The van der Waals surface area contributed by atoms with Crippen molar-refractivity contribution in [1.29, 1.82) is 5.26 Å². The van der Waals surface area contributed by atoms with Crippen LogP contribution in [0, 0.1) is 31.0 Å². The van der Waals surface area contributed by atoms with E-state index < -0.39 is 11.8 Å². The minimum atomic E-state index is -0.528. The molecule has 0 aliphatic rings. The molecule has 2 aromatic rings. The lowest BCUT2D eigenvalue weighted by molar-refractivity contribution is 0.0600. The van der Waals surface area contributed by atoms with Gasteiger partial charge in [-0.15, -0.1) is 0 Å². The number of ether oxygens (including phenoxy) is 1. The number of nitrogens with one attached hydrogen (secondary N) is 1. The summed E-state index contributed by atoms with van der Waals surface area (Å²) in [6, 6.07) is 7.84. The Morgan fingerprint density at radius 1 is 1.39 bits per heavy atom. The number of nitriles is 1. The molecule has 0 unspecified atom stereocenters. The molecule has 0 atom stereocenters. The van der Waals surface area contributed by atoms with Crippen LogP contribution in [0.3, 0.4) is 0 Å². The molecule has 0 spiro atoms. The van der Waals surface area contributed by atoms with Crippen LogP contribution in [0.15, 0.2) is 24.3 Å². The van der Waals surface area contributed by atoms with E-state index in [4.69, 9.17) is 0 Å². The zero-order valence-corrected chi connectivity index (χ0v) is 13.1. The Bertz CT molecular complexity index is 797. The molecule has 0 bridgehead atoms. The van der Waals surface area contributed by atoms with Crippen molar-refractivity contribution in [3.63, 3.8) is 0 Å². The summed E-state index contributed by atoms with van der Waals surface area (Å²) in [6.07, 6.45) is 0. The molecular weight excluding hydrogens is 297 g/mol. The molecule has 0 amide bonds. The first-order chi connectivity index (χ1) is 11.0. The highest BCUT2D eigenvalue weighted by atomic mass is 19.1. The Labute approximate surface area is 133 Å². The number of benzene rings is 1. The zero-order chi connectivity index (χ0) is 17.0. The van der Waals surface area contributed by atoms with E-state index in [1.165, 1.54) is 25.3 Å². The fourth-order valence-electron chi connectivity index (χ4n) is 2.25. The standard InChI is InChI=1S/C17H16FN3O2/c1-10-6-16(14(8-19)11(2)21-10)20-9-13-7-12(17(22)23-3)4-5-15(13)18/h4-7H,9H2,1-3H3,(H,20,21). The highest BCUT2D eigenvalue weighted by molar-refractivity contribution is 5.89. The van der Waals surface area contributed by atoms with Gasteiger partial charge in [-0.3, -0.25) is 4.98 Å². The van der Waals surface area contributed by atoms with E-state index in [-0.39, 0.29) is 12.1 Å². The zero-order valence-electron chi connectivity index (χ0n) is 13.1. The third kappa shape index (κ3) is 3.64. The average Bonchev–Trinajstić information content (AvgIpc) is 2.53. The van der Waals surface area contributed by atoms with Crippen molar-refractivity contribution in [2.75, 3.05) is 12.4 Å². The van der Waals surface area contributed by atoms with Gasteiger partial charge in [0.2, 0.25) is 0 Å². The molecule has 1 heterocycles. The fourth-order valence-corrected chi connectivity index (χ4v) is 2.25. The van der Waals surface area contributed by atoms with Crippen LogP contribution in [-0.4, -0.2) is 18.1 Å². The van der Waals surface area contributed by atoms with Crippen LogP contribution in [0.5, 0.6) is 0 Å². The molecule has 0 saturated carbocycles. The summed E-state index contributed by atoms with van der Waals surface area (Å²) >= 11 is 0. The van der Waals surface area contributed by atoms with Gasteiger partial charge < -0.3 is 10.1 Å². The number of rotatable bonds is 4. The normalized spacial score (nSPS) is 10.0. The second kappa shape index (κ2) is 6.88. The minimum Gasteiger partial charge on any atom is -0.465 e.